The second-order valence-electron chi connectivity index (χ2n) is 5.83. The van der Waals surface area contributed by atoms with E-state index in [1.165, 1.54) is 0 Å². The Bertz CT molecular complexity index is 714. The number of amides is 1. The summed E-state index contributed by atoms with van der Waals surface area (Å²) in [6.45, 7) is 2.75. The van der Waals surface area contributed by atoms with E-state index in [-0.39, 0.29) is 24.5 Å². The molecule has 2 N–H and O–H groups in total. The Morgan fingerprint density at radius 3 is 2.83 bits per heavy atom. The van der Waals surface area contributed by atoms with Gasteiger partial charge in [-0.15, -0.1) is 0 Å². The van der Waals surface area contributed by atoms with Crippen LogP contribution < -0.4 is 5.32 Å². The Labute approximate surface area is 145 Å². The average molecular weight is 350 g/mol. The quantitative estimate of drug-likeness (QED) is 0.869. The summed E-state index contributed by atoms with van der Waals surface area (Å²) in [6.07, 6.45) is 0.625. The number of hydrogen-bond donors (Lipinski definition) is 2. The van der Waals surface area contributed by atoms with Crippen molar-refractivity contribution in [3.05, 3.63) is 35.4 Å². The van der Waals surface area contributed by atoms with E-state index in [2.05, 4.69) is 10.4 Å². The third-order valence-corrected chi connectivity index (χ3v) is 4.45. The predicted octanol–water partition coefficient (Wildman–Crippen LogP) is 2.56. The van der Waals surface area contributed by atoms with Gasteiger partial charge in [-0.25, -0.2) is 4.68 Å². The molecular formula is C17H20ClN3O3. The lowest BCUT2D eigenvalue weighted by molar-refractivity contribution is -0.121. The normalized spacial score (nSPS) is 20.3. The second kappa shape index (κ2) is 7.34. The highest BCUT2D eigenvalue weighted by Crippen LogP contribution is 2.26. The number of carbonyl (C=O) groups excluding carboxylic acids is 1. The minimum absolute atomic E-state index is 0.0620. The Balaban J connectivity index is 1.83. The molecule has 0 aliphatic carbocycles. The molecule has 1 aliphatic rings. The lowest BCUT2D eigenvalue weighted by Gasteiger charge is -2.14. The van der Waals surface area contributed by atoms with Crippen molar-refractivity contribution in [3.8, 4) is 11.3 Å². The van der Waals surface area contributed by atoms with Gasteiger partial charge in [-0.1, -0.05) is 23.7 Å². The van der Waals surface area contributed by atoms with Gasteiger partial charge in [-0.2, -0.15) is 5.10 Å². The number of aliphatic hydroxyl groups excluding tert-OH is 1. The molecule has 0 radical (unpaired) electrons. The van der Waals surface area contributed by atoms with Crippen molar-refractivity contribution < 1.29 is 14.6 Å². The summed E-state index contributed by atoms with van der Waals surface area (Å²) in [5.41, 5.74) is 1.61. The maximum atomic E-state index is 12.5. The van der Waals surface area contributed by atoms with Crippen molar-refractivity contribution in [3.63, 3.8) is 0 Å². The fourth-order valence-electron chi connectivity index (χ4n) is 2.84. The number of aliphatic hydroxyl groups is 1. The van der Waals surface area contributed by atoms with E-state index < -0.39 is 0 Å². The number of benzene rings is 1. The minimum Gasteiger partial charge on any atom is -0.394 e. The summed E-state index contributed by atoms with van der Waals surface area (Å²) >= 11 is 5.91. The molecule has 128 valence electrons. The van der Waals surface area contributed by atoms with Crippen molar-refractivity contribution in [1.82, 2.24) is 9.78 Å². The first kappa shape index (κ1) is 17.0. The SMILES string of the molecule is CC1OCCC1C(=O)Nc1cc(-c2ccc(Cl)cc2)nn1CCO. The van der Waals surface area contributed by atoms with Crippen LogP contribution in [0.2, 0.25) is 5.02 Å². The number of nitrogens with one attached hydrogen (secondary N) is 1. The molecule has 2 atom stereocenters. The summed E-state index contributed by atoms with van der Waals surface area (Å²) in [4.78, 5) is 12.5. The second-order valence-corrected chi connectivity index (χ2v) is 6.27. The molecule has 24 heavy (non-hydrogen) atoms. The van der Waals surface area contributed by atoms with Gasteiger partial charge in [0, 0.05) is 23.3 Å². The van der Waals surface area contributed by atoms with Gasteiger partial charge in [0.25, 0.3) is 0 Å². The molecule has 2 unspecified atom stereocenters. The Morgan fingerprint density at radius 2 is 2.21 bits per heavy atom. The van der Waals surface area contributed by atoms with Crippen molar-refractivity contribution in [1.29, 1.82) is 0 Å². The van der Waals surface area contributed by atoms with E-state index in [0.29, 0.717) is 36.1 Å². The van der Waals surface area contributed by atoms with E-state index >= 15 is 0 Å². The summed E-state index contributed by atoms with van der Waals surface area (Å²) in [6, 6.07) is 9.12. The fourth-order valence-corrected chi connectivity index (χ4v) is 2.97. The molecule has 2 heterocycles. The molecule has 1 aliphatic heterocycles. The zero-order chi connectivity index (χ0) is 17.1. The molecule has 2 aromatic rings. The Morgan fingerprint density at radius 1 is 1.46 bits per heavy atom. The van der Waals surface area contributed by atoms with Crippen LogP contribution in [0.1, 0.15) is 13.3 Å². The van der Waals surface area contributed by atoms with Crippen molar-refractivity contribution in [2.24, 2.45) is 5.92 Å². The molecule has 7 heteroatoms. The van der Waals surface area contributed by atoms with Crippen LogP contribution in [-0.4, -0.2) is 40.1 Å². The summed E-state index contributed by atoms with van der Waals surface area (Å²) in [5, 5.41) is 17.3. The molecule has 6 nitrogen and oxygen atoms in total. The van der Waals surface area contributed by atoms with Crippen molar-refractivity contribution >= 4 is 23.3 Å². The molecule has 1 aromatic heterocycles. The standard InChI is InChI=1S/C17H20ClN3O3/c1-11-14(6-9-24-11)17(23)19-16-10-15(20-21(16)7-8-22)12-2-4-13(18)5-3-12/h2-5,10-11,14,22H,6-9H2,1H3,(H,19,23). The lowest BCUT2D eigenvalue weighted by atomic mass is 10.0. The van der Waals surface area contributed by atoms with Crippen LogP contribution in [0.4, 0.5) is 5.82 Å². The van der Waals surface area contributed by atoms with Crippen molar-refractivity contribution in [2.75, 3.05) is 18.5 Å². The average Bonchev–Trinajstić information content (AvgIpc) is 3.15. The van der Waals surface area contributed by atoms with E-state index in [1.807, 2.05) is 19.1 Å². The molecule has 1 saturated heterocycles. The van der Waals surface area contributed by atoms with E-state index in [0.717, 1.165) is 5.56 Å². The molecule has 1 aromatic carbocycles. The van der Waals surface area contributed by atoms with Gasteiger partial charge in [0.1, 0.15) is 5.82 Å². The topological polar surface area (TPSA) is 76.4 Å². The number of nitrogens with zero attached hydrogens (tertiary/aromatic N) is 2. The number of carbonyl (C=O) groups is 1. The van der Waals surface area contributed by atoms with Crippen LogP contribution >= 0.6 is 11.6 Å². The minimum atomic E-state index is -0.165. The van der Waals surface area contributed by atoms with E-state index in [1.54, 1.807) is 22.9 Å². The van der Waals surface area contributed by atoms with Crippen LogP contribution in [0.25, 0.3) is 11.3 Å². The van der Waals surface area contributed by atoms with Gasteiger partial charge in [0.05, 0.1) is 30.9 Å². The van der Waals surface area contributed by atoms with Crippen LogP contribution in [0.5, 0.6) is 0 Å². The zero-order valence-electron chi connectivity index (χ0n) is 13.4. The largest absolute Gasteiger partial charge is 0.394 e. The van der Waals surface area contributed by atoms with Gasteiger partial charge >= 0.3 is 0 Å². The number of rotatable bonds is 5. The Hall–Kier alpha value is -1.89. The fraction of sp³-hybridized carbons (Fsp3) is 0.412. The third-order valence-electron chi connectivity index (χ3n) is 4.20. The first-order valence-electron chi connectivity index (χ1n) is 7.95. The van der Waals surface area contributed by atoms with E-state index in [4.69, 9.17) is 16.3 Å². The number of anilines is 1. The highest BCUT2D eigenvalue weighted by molar-refractivity contribution is 6.30. The summed E-state index contributed by atoms with van der Waals surface area (Å²) < 4.78 is 7.05. The van der Waals surface area contributed by atoms with Crippen molar-refractivity contribution in [2.45, 2.75) is 26.0 Å². The molecule has 1 fully saturated rings. The molecule has 3 rings (SSSR count). The summed E-state index contributed by atoms with van der Waals surface area (Å²) in [7, 11) is 0. The smallest absolute Gasteiger partial charge is 0.231 e. The monoisotopic (exact) mass is 349 g/mol. The van der Waals surface area contributed by atoms with E-state index in [9.17, 15) is 9.90 Å². The Kier molecular flexibility index (Phi) is 5.18. The zero-order valence-corrected chi connectivity index (χ0v) is 14.2. The first-order valence-corrected chi connectivity index (χ1v) is 8.33. The maximum absolute atomic E-state index is 12.5. The molecule has 0 bridgehead atoms. The lowest BCUT2D eigenvalue weighted by Crippen LogP contribution is -2.28. The van der Waals surface area contributed by atoms with Crippen LogP contribution in [-0.2, 0) is 16.1 Å². The molecular weight excluding hydrogens is 330 g/mol. The molecule has 0 saturated carbocycles. The first-order chi connectivity index (χ1) is 11.6. The van der Waals surface area contributed by atoms with Gasteiger partial charge in [-0.3, -0.25) is 4.79 Å². The number of halogens is 1. The maximum Gasteiger partial charge on any atom is 0.231 e. The van der Waals surface area contributed by atoms with Gasteiger partial charge in [-0.05, 0) is 25.5 Å². The third kappa shape index (κ3) is 3.61. The van der Waals surface area contributed by atoms with Gasteiger partial charge in [0.15, 0.2) is 0 Å². The number of hydrogen-bond acceptors (Lipinski definition) is 4. The van der Waals surface area contributed by atoms with Crippen LogP contribution in [0.3, 0.4) is 0 Å². The van der Waals surface area contributed by atoms with Crippen LogP contribution in [0, 0.1) is 5.92 Å². The summed E-state index contributed by atoms with van der Waals surface area (Å²) in [5.74, 6) is 0.321. The van der Waals surface area contributed by atoms with Crippen LogP contribution in [0.15, 0.2) is 30.3 Å². The molecule has 1 amide bonds. The highest BCUT2D eigenvalue weighted by Gasteiger charge is 2.31. The molecule has 0 spiro atoms. The number of aromatic nitrogens is 2. The predicted molar refractivity (Wildman–Crippen MR) is 91.9 cm³/mol. The number of ether oxygens (including phenoxy) is 1. The highest BCUT2D eigenvalue weighted by atomic mass is 35.5. The van der Waals surface area contributed by atoms with Gasteiger partial charge < -0.3 is 15.2 Å². The van der Waals surface area contributed by atoms with Gasteiger partial charge in [0.2, 0.25) is 5.91 Å².